The molecule has 1 aliphatic rings. The molecule has 0 radical (unpaired) electrons. The molecule has 0 N–H and O–H groups in total. The first-order chi connectivity index (χ1) is 10.8. The lowest BCUT2D eigenvalue weighted by Crippen LogP contribution is -2.32. The predicted molar refractivity (Wildman–Crippen MR) is 83.9 cm³/mol. The Morgan fingerprint density at radius 1 is 1.09 bits per heavy atom. The Labute approximate surface area is 128 Å². The Morgan fingerprint density at radius 3 is 2.45 bits per heavy atom. The van der Waals surface area contributed by atoms with Gasteiger partial charge in [0, 0.05) is 11.1 Å². The fourth-order valence-electron chi connectivity index (χ4n) is 2.36. The molecule has 0 aliphatic carbocycles. The van der Waals surface area contributed by atoms with Crippen molar-refractivity contribution in [2.24, 2.45) is 4.99 Å². The smallest absolute Gasteiger partial charge is 0.254 e. The average molecular weight is 297 g/mol. The van der Waals surface area contributed by atoms with Crippen LogP contribution in [0.15, 0.2) is 71.9 Å². The molecule has 2 aromatic rings. The SMILES string of the molecule is COc1ccc(C2=NC(CF)(c3ccccc3)OC=C2)cc1. The van der Waals surface area contributed by atoms with E-state index in [0.29, 0.717) is 11.3 Å². The molecule has 0 aromatic heterocycles. The number of ether oxygens (including phenoxy) is 2. The Bertz CT molecular complexity index is 695. The monoisotopic (exact) mass is 297 g/mol. The van der Waals surface area contributed by atoms with Gasteiger partial charge in [-0.3, -0.25) is 0 Å². The summed E-state index contributed by atoms with van der Waals surface area (Å²) in [6, 6.07) is 16.7. The Hall–Kier alpha value is -2.62. The number of allylic oxidation sites excluding steroid dienone is 1. The van der Waals surface area contributed by atoms with Gasteiger partial charge in [-0.25, -0.2) is 9.38 Å². The van der Waals surface area contributed by atoms with Crippen molar-refractivity contribution >= 4 is 5.71 Å². The number of hydrogen-bond donors (Lipinski definition) is 0. The molecule has 3 rings (SSSR count). The summed E-state index contributed by atoms with van der Waals surface area (Å²) in [5.41, 5.74) is 0.933. The van der Waals surface area contributed by atoms with E-state index < -0.39 is 12.4 Å². The van der Waals surface area contributed by atoms with Crippen LogP contribution in [-0.2, 0) is 10.5 Å². The highest BCUT2D eigenvalue weighted by Crippen LogP contribution is 2.32. The van der Waals surface area contributed by atoms with E-state index in [9.17, 15) is 4.39 Å². The van der Waals surface area contributed by atoms with E-state index >= 15 is 0 Å². The molecule has 0 saturated carbocycles. The standard InChI is InChI=1S/C18H16FNO2/c1-21-16-9-7-14(8-10-16)17-11-12-22-18(13-19,20-17)15-5-3-2-4-6-15/h2-12H,13H2,1H3. The van der Waals surface area contributed by atoms with Crippen LogP contribution in [0.5, 0.6) is 5.75 Å². The highest BCUT2D eigenvalue weighted by molar-refractivity contribution is 6.09. The third-order valence-electron chi connectivity index (χ3n) is 3.58. The van der Waals surface area contributed by atoms with Gasteiger partial charge < -0.3 is 9.47 Å². The first-order valence-corrected chi connectivity index (χ1v) is 6.97. The highest BCUT2D eigenvalue weighted by Gasteiger charge is 2.35. The number of hydrogen-bond acceptors (Lipinski definition) is 3. The third kappa shape index (κ3) is 2.60. The van der Waals surface area contributed by atoms with Crippen LogP contribution < -0.4 is 4.74 Å². The van der Waals surface area contributed by atoms with Crippen LogP contribution in [0, 0.1) is 0 Å². The van der Waals surface area contributed by atoms with E-state index in [1.54, 1.807) is 13.2 Å². The maximum Gasteiger partial charge on any atom is 0.254 e. The van der Waals surface area contributed by atoms with Crippen molar-refractivity contribution in [1.82, 2.24) is 0 Å². The van der Waals surface area contributed by atoms with E-state index in [2.05, 4.69) is 4.99 Å². The maximum absolute atomic E-state index is 13.7. The zero-order valence-electron chi connectivity index (χ0n) is 12.2. The summed E-state index contributed by atoms with van der Waals surface area (Å²) in [6.07, 6.45) is 3.23. The van der Waals surface area contributed by atoms with Crippen molar-refractivity contribution in [2.45, 2.75) is 5.72 Å². The summed E-state index contributed by atoms with van der Waals surface area (Å²) in [6.45, 7) is -0.735. The third-order valence-corrected chi connectivity index (χ3v) is 3.58. The van der Waals surface area contributed by atoms with Crippen LogP contribution in [0.4, 0.5) is 4.39 Å². The van der Waals surface area contributed by atoms with Crippen LogP contribution in [0.3, 0.4) is 0 Å². The average Bonchev–Trinajstić information content (AvgIpc) is 2.62. The van der Waals surface area contributed by atoms with E-state index in [1.165, 1.54) is 6.26 Å². The molecule has 0 bridgehead atoms. The number of aliphatic imine (C=N–C) groups is 1. The summed E-state index contributed by atoms with van der Waals surface area (Å²) in [5.74, 6) is 0.764. The van der Waals surface area contributed by atoms with Crippen molar-refractivity contribution in [3.8, 4) is 5.75 Å². The highest BCUT2D eigenvalue weighted by atomic mass is 19.1. The Kier molecular flexibility index (Phi) is 3.92. The molecular weight excluding hydrogens is 281 g/mol. The Morgan fingerprint density at radius 2 is 1.82 bits per heavy atom. The fraction of sp³-hybridized carbons (Fsp3) is 0.167. The number of methoxy groups -OCH3 is 1. The predicted octanol–water partition coefficient (Wildman–Crippen LogP) is 3.85. The lowest BCUT2D eigenvalue weighted by molar-refractivity contribution is 0.000608. The van der Waals surface area contributed by atoms with Crippen LogP contribution in [-0.4, -0.2) is 19.5 Å². The minimum atomic E-state index is -1.31. The van der Waals surface area contributed by atoms with Gasteiger partial charge in [-0.2, -0.15) is 0 Å². The second-order valence-corrected chi connectivity index (χ2v) is 4.93. The number of alkyl halides is 1. The van der Waals surface area contributed by atoms with E-state index in [-0.39, 0.29) is 0 Å². The maximum atomic E-state index is 13.7. The molecule has 3 nitrogen and oxygen atoms in total. The van der Waals surface area contributed by atoms with E-state index in [0.717, 1.165) is 11.3 Å². The van der Waals surface area contributed by atoms with Gasteiger partial charge in [-0.1, -0.05) is 30.3 Å². The van der Waals surface area contributed by atoms with Crippen molar-refractivity contribution in [3.05, 3.63) is 78.1 Å². The fourth-order valence-corrected chi connectivity index (χ4v) is 2.36. The number of halogens is 1. The summed E-state index contributed by atoms with van der Waals surface area (Å²) in [4.78, 5) is 4.52. The number of benzene rings is 2. The molecule has 0 fully saturated rings. The van der Waals surface area contributed by atoms with Crippen molar-refractivity contribution < 1.29 is 13.9 Å². The van der Waals surface area contributed by atoms with Crippen molar-refractivity contribution in [3.63, 3.8) is 0 Å². The lowest BCUT2D eigenvalue weighted by Gasteiger charge is -2.30. The van der Waals surface area contributed by atoms with Crippen LogP contribution in [0.2, 0.25) is 0 Å². The molecule has 1 heterocycles. The first kappa shape index (κ1) is 14.3. The first-order valence-electron chi connectivity index (χ1n) is 6.97. The summed E-state index contributed by atoms with van der Waals surface area (Å²) >= 11 is 0. The van der Waals surface area contributed by atoms with Gasteiger partial charge >= 0.3 is 0 Å². The van der Waals surface area contributed by atoms with Gasteiger partial charge in [0.25, 0.3) is 5.72 Å². The normalized spacial score (nSPS) is 20.2. The van der Waals surface area contributed by atoms with Gasteiger partial charge in [0.2, 0.25) is 0 Å². The zero-order valence-corrected chi connectivity index (χ0v) is 12.2. The molecule has 2 aromatic carbocycles. The molecule has 22 heavy (non-hydrogen) atoms. The van der Waals surface area contributed by atoms with E-state index in [4.69, 9.17) is 9.47 Å². The molecule has 0 spiro atoms. The second-order valence-electron chi connectivity index (χ2n) is 4.93. The van der Waals surface area contributed by atoms with Crippen LogP contribution in [0.1, 0.15) is 11.1 Å². The summed E-state index contributed by atoms with van der Waals surface area (Å²) in [7, 11) is 1.62. The Balaban J connectivity index is 2.00. The van der Waals surface area contributed by atoms with Gasteiger partial charge in [-0.15, -0.1) is 0 Å². The van der Waals surface area contributed by atoms with Crippen molar-refractivity contribution in [1.29, 1.82) is 0 Å². The largest absolute Gasteiger partial charge is 0.497 e. The van der Waals surface area contributed by atoms with Gasteiger partial charge in [0.1, 0.15) is 5.75 Å². The van der Waals surface area contributed by atoms with Gasteiger partial charge in [0.05, 0.1) is 19.1 Å². The minimum Gasteiger partial charge on any atom is -0.497 e. The molecule has 4 heteroatoms. The molecule has 0 saturated heterocycles. The van der Waals surface area contributed by atoms with Crippen LogP contribution in [0.25, 0.3) is 0 Å². The molecule has 1 aliphatic heterocycles. The molecule has 1 unspecified atom stereocenters. The topological polar surface area (TPSA) is 30.8 Å². The van der Waals surface area contributed by atoms with Crippen molar-refractivity contribution in [2.75, 3.05) is 13.8 Å². The number of nitrogens with zero attached hydrogens (tertiary/aromatic N) is 1. The molecular formula is C18H16FNO2. The lowest BCUT2D eigenvalue weighted by atomic mass is 10.0. The molecule has 1 atom stereocenters. The summed E-state index contributed by atoms with van der Waals surface area (Å²) in [5, 5.41) is 0. The second kappa shape index (κ2) is 6.02. The molecule has 0 amide bonds. The van der Waals surface area contributed by atoms with Gasteiger partial charge in [0.15, 0.2) is 6.67 Å². The van der Waals surface area contributed by atoms with Crippen LogP contribution >= 0.6 is 0 Å². The molecule has 112 valence electrons. The van der Waals surface area contributed by atoms with E-state index in [1.807, 2.05) is 54.6 Å². The minimum absolute atomic E-state index is 0.676. The zero-order chi connectivity index (χ0) is 15.4. The number of rotatable bonds is 4. The quantitative estimate of drug-likeness (QED) is 0.858. The summed E-state index contributed by atoms with van der Waals surface area (Å²) < 4.78 is 24.4. The van der Waals surface area contributed by atoms with Gasteiger partial charge in [-0.05, 0) is 30.3 Å².